The lowest BCUT2D eigenvalue weighted by atomic mass is 9.98. The van der Waals surface area contributed by atoms with Crippen molar-refractivity contribution in [3.05, 3.63) is 102 Å². The number of aliphatic carboxylic acids is 3. The normalized spacial score (nSPS) is 21.4. The van der Waals surface area contributed by atoms with E-state index in [-0.39, 0.29) is 43.7 Å². The zero-order valence-electron chi connectivity index (χ0n) is 43.6. The number of hydrogen-bond acceptors (Lipinski definition) is 15. The Morgan fingerprint density at radius 3 is 1.79 bits per heavy atom. The molecule has 8 unspecified atom stereocenters. The highest BCUT2D eigenvalue weighted by Crippen LogP contribution is 2.39. The van der Waals surface area contributed by atoms with Crippen LogP contribution in [0.4, 0.5) is 0 Å². The van der Waals surface area contributed by atoms with Gasteiger partial charge in [-0.3, -0.25) is 43.2 Å². The van der Waals surface area contributed by atoms with Gasteiger partial charge in [-0.05, 0) is 67.6 Å². The predicted molar refractivity (Wildman–Crippen MR) is 291 cm³/mol. The molecule has 0 saturated carbocycles. The number of aromatic hydroxyl groups is 1. The number of para-hydroxylation sites is 1. The van der Waals surface area contributed by atoms with Crippen molar-refractivity contribution in [2.75, 3.05) is 12.3 Å². The molecule has 24 nitrogen and oxygen atoms in total. The number of nitrogens with one attached hydrogen (secondary N) is 8. The molecule has 0 bridgehead atoms. The van der Waals surface area contributed by atoms with Crippen LogP contribution in [0.25, 0.3) is 10.9 Å². The van der Waals surface area contributed by atoms with Gasteiger partial charge in [0.05, 0.1) is 12.5 Å². The molecule has 4 aromatic rings. The van der Waals surface area contributed by atoms with Crippen LogP contribution in [-0.4, -0.2) is 150 Å². The van der Waals surface area contributed by atoms with Crippen LogP contribution in [-0.2, 0) is 67.2 Å². The Morgan fingerprint density at radius 1 is 0.718 bits per heavy atom. The lowest BCUT2D eigenvalue weighted by Gasteiger charge is -2.35. The van der Waals surface area contributed by atoms with Crippen molar-refractivity contribution in [1.29, 1.82) is 0 Å². The van der Waals surface area contributed by atoms with Gasteiger partial charge in [0.1, 0.15) is 48.0 Å². The number of nitrogens with two attached hydrogens (primary N) is 2. The van der Waals surface area contributed by atoms with Crippen LogP contribution in [0.3, 0.4) is 0 Å². The van der Waals surface area contributed by atoms with Crippen molar-refractivity contribution in [1.82, 2.24) is 42.2 Å². The molecule has 422 valence electrons. The highest BCUT2D eigenvalue weighted by atomic mass is 33.1. The van der Waals surface area contributed by atoms with Gasteiger partial charge in [0.25, 0.3) is 5.97 Å². The number of rotatable bonds is 16. The Morgan fingerprint density at radius 2 is 1.23 bits per heavy atom. The van der Waals surface area contributed by atoms with E-state index in [1.807, 2.05) is 18.2 Å². The fourth-order valence-corrected chi connectivity index (χ4v) is 10.8. The van der Waals surface area contributed by atoms with Crippen LogP contribution >= 0.6 is 21.6 Å². The average molecular weight is 1120 g/mol. The van der Waals surface area contributed by atoms with Crippen molar-refractivity contribution in [2.45, 2.75) is 120 Å². The summed E-state index contributed by atoms with van der Waals surface area (Å²) in [5, 5.41) is 56.2. The van der Waals surface area contributed by atoms with Crippen LogP contribution in [0.15, 0.2) is 85.1 Å². The largest absolute Gasteiger partial charge is 0.508 e. The lowest BCUT2D eigenvalue weighted by molar-refractivity contribution is -0.143. The highest BCUT2D eigenvalue weighted by molar-refractivity contribution is 8.77. The van der Waals surface area contributed by atoms with E-state index in [9.17, 15) is 58.5 Å². The van der Waals surface area contributed by atoms with Gasteiger partial charge >= 0.3 is 11.9 Å². The summed E-state index contributed by atoms with van der Waals surface area (Å²) in [6, 6.07) is 9.70. The van der Waals surface area contributed by atoms with Crippen molar-refractivity contribution in [3.63, 3.8) is 0 Å². The van der Waals surface area contributed by atoms with E-state index in [4.69, 9.17) is 21.4 Å². The molecule has 0 aliphatic carbocycles. The maximum atomic E-state index is 14.8. The number of carbonyl (C=O) groups excluding carboxylic acids is 7. The fraction of sp³-hybridized carbons (Fsp3) is 0.423. The molecule has 0 radical (unpaired) electrons. The van der Waals surface area contributed by atoms with Crippen LogP contribution < -0.4 is 48.7 Å². The summed E-state index contributed by atoms with van der Waals surface area (Å²) < 4.78 is -1.42. The second-order valence-electron chi connectivity index (χ2n) is 19.2. The van der Waals surface area contributed by atoms with Gasteiger partial charge in [-0.2, -0.15) is 0 Å². The Hall–Kier alpha value is -7.68. The van der Waals surface area contributed by atoms with E-state index in [2.05, 4.69) is 42.2 Å². The molecule has 16 N–H and O–H groups in total. The molecular formula is C52H68N10O14S2. The first kappa shape index (κ1) is 62.9. The summed E-state index contributed by atoms with van der Waals surface area (Å²) in [7, 11) is 1.90. The van der Waals surface area contributed by atoms with Gasteiger partial charge in [0, 0.05) is 53.8 Å². The zero-order chi connectivity index (χ0) is 57.9. The predicted octanol–water partition coefficient (Wildman–Crippen LogP) is 0.451. The molecule has 5 rings (SSSR count). The third-order valence-corrected chi connectivity index (χ3v) is 15.4. The van der Waals surface area contributed by atoms with Gasteiger partial charge in [-0.25, -0.2) is 4.79 Å². The van der Waals surface area contributed by atoms with Gasteiger partial charge < -0.3 is 74.1 Å². The highest BCUT2D eigenvalue weighted by Gasteiger charge is 2.42. The van der Waals surface area contributed by atoms with Crippen molar-refractivity contribution >= 4 is 91.7 Å². The molecule has 1 aliphatic heterocycles. The Kier molecular flexibility index (Phi) is 24.0. The number of carbonyl (C=O) groups is 10. The molecule has 3 aromatic carbocycles. The lowest BCUT2D eigenvalue weighted by Crippen LogP contribution is -2.63. The number of amides is 7. The number of H-pyrrole nitrogens is 1. The van der Waals surface area contributed by atoms with E-state index in [0.29, 0.717) is 16.7 Å². The number of hydrogen-bond donors (Lipinski definition) is 14. The summed E-state index contributed by atoms with van der Waals surface area (Å²) in [5.41, 5.74) is 14.3. The van der Waals surface area contributed by atoms with Gasteiger partial charge in [0.2, 0.25) is 41.4 Å². The maximum Gasteiger partial charge on any atom is 0.326 e. The molecule has 8 atom stereocenters. The number of phenolic OH excluding ortho intramolecular Hbond substituents is 1. The molecule has 1 aromatic heterocycles. The minimum Gasteiger partial charge on any atom is -0.508 e. The Balaban J connectivity index is 0.00000317. The molecular weight excluding hydrogens is 1050 g/mol. The zero-order valence-corrected chi connectivity index (χ0v) is 45.2. The average Bonchev–Trinajstić information content (AvgIpc) is 3.78. The van der Waals surface area contributed by atoms with Crippen molar-refractivity contribution in [2.24, 2.45) is 17.4 Å². The number of phenols is 1. The molecule has 2 heterocycles. The summed E-state index contributed by atoms with van der Waals surface area (Å²) in [4.78, 5) is 137. The minimum absolute atomic E-state index is 0.0837. The maximum absolute atomic E-state index is 14.8. The van der Waals surface area contributed by atoms with Crippen LogP contribution in [0.2, 0.25) is 0 Å². The minimum atomic E-state index is -1.62. The quantitative estimate of drug-likeness (QED) is 0.0677. The second kappa shape index (κ2) is 29.7. The van der Waals surface area contributed by atoms with E-state index >= 15 is 0 Å². The summed E-state index contributed by atoms with van der Waals surface area (Å²) >= 11 is 0. The molecule has 1 saturated heterocycles. The number of benzene rings is 3. The molecule has 26 heteroatoms. The van der Waals surface area contributed by atoms with Gasteiger partial charge in [-0.15, -0.1) is 0 Å². The van der Waals surface area contributed by atoms with Crippen LogP contribution in [0, 0.1) is 5.92 Å². The summed E-state index contributed by atoms with van der Waals surface area (Å²) in [6.07, 6.45) is 0.226. The Labute approximate surface area is 457 Å². The number of fused-ring (bicyclic) bond motifs is 1. The first-order valence-electron chi connectivity index (χ1n) is 24.7. The monoisotopic (exact) mass is 1120 g/mol. The number of aromatic nitrogens is 1. The van der Waals surface area contributed by atoms with Crippen molar-refractivity contribution in [3.8, 4) is 5.75 Å². The van der Waals surface area contributed by atoms with E-state index in [1.54, 1.807) is 70.3 Å². The topological polar surface area (TPSA) is 404 Å². The van der Waals surface area contributed by atoms with Gasteiger partial charge in [-0.1, -0.05) is 96.1 Å². The summed E-state index contributed by atoms with van der Waals surface area (Å²) in [6.45, 7) is 7.18. The molecule has 0 spiro atoms. The number of carboxylic acids is 3. The third kappa shape index (κ3) is 19.4. The number of aromatic amines is 1. The van der Waals surface area contributed by atoms with Crippen LogP contribution in [0.1, 0.15) is 64.2 Å². The molecule has 1 fully saturated rings. The van der Waals surface area contributed by atoms with Crippen molar-refractivity contribution < 1.29 is 68.4 Å². The molecule has 1 aliphatic rings. The first-order valence-corrected chi connectivity index (χ1v) is 27.0. The van der Waals surface area contributed by atoms with E-state index in [1.165, 1.54) is 24.3 Å². The smallest absolute Gasteiger partial charge is 0.326 e. The SMILES string of the molecule is CC(=O)O.CC(C)C(NC(=O)C1CSSC(C)(C)C(NC(=O)C(N)CC(=O)O)C(=O)NC(Cc2ccccc2)C(=O)NC(Cc2c[nH]c3ccccc23)C(=O)NC(CCN)C(=O)NC(Cc2ccc(O)cc2)C(=O)N1)C(=O)O. The first-order chi connectivity index (χ1) is 36.8. The Bertz CT molecular complexity index is 2760. The van der Waals surface area contributed by atoms with E-state index < -0.39 is 125 Å². The van der Waals surface area contributed by atoms with E-state index in [0.717, 1.165) is 39.4 Å². The third-order valence-electron chi connectivity index (χ3n) is 12.1. The summed E-state index contributed by atoms with van der Waals surface area (Å²) in [5.74, 6) is -10.9. The molecule has 78 heavy (non-hydrogen) atoms. The number of carboxylic acid groups (broad SMARTS) is 3. The van der Waals surface area contributed by atoms with Crippen LogP contribution in [0.5, 0.6) is 5.75 Å². The van der Waals surface area contributed by atoms with Gasteiger partial charge in [0.15, 0.2) is 0 Å². The fourth-order valence-electron chi connectivity index (χ4n) is 7.98. The second-order valence-corrected chi connectivity index (χ2v) is 22.2. The molecule has 7 amide bonds. The standard InChI is InChI=1S/C50H64N10O12S2.C2H4O2/c1-26(2)40(49(71)72)59-47(69)38-25-73-74-50(3,4)41(60-42(64)32(52)23-39(62)63)48(70)57-36(20-27-10-6-5-7-11-27)44(66)56-37(22-29-24-53-33-13-9-8-12-31(29)33)46(68)54-34(18-19-51)43(65)55-35(45(67)58-38)21-28-14-16-30(61)17-15-28;1-2(3)4/h5-17,24,26,32,34-38,40-41,53,61H,18-23,25,51-52H2,1-4H3,(H,54,68)(H,55,65)(H,56,66)(H,57,70)(H,58,67)(H,59,69)(H,60,64)(H,62,63)(H,71,72);1H3,(H,3,4).